The van der Waals surface area contributed by atoms with Crippen molar-refractivity contribution in [3.63, 3.8) is 0 Å². The molecule has 2 aromatic heterocycles. The number of H-pyrrole nitrogens is 1. The molecule has 0 saturated carbocycles. The second-order valence-corrected chi connectivity index (χ2v) is 7.58. The molecule has 0 atom stereocenters. The Morgan fingerprint density at radius 1 is 1.17 bits per heavy atom. The number of thioether (sulfide) groups is 1. The average Bonchev–Trinajstić information content (AvgIpc) is 3.01. The summed E-state index contributed by atoms with van der Waals surface area (Å²) in [6, 6.07) is 13.7. The van der Waals surface area contributed by atoms with Gasteiger partial charge in [0, 0.05) is 23.7 Å². The number of hydrogen-bond donors (Lipinski definition) is 1. The molecule has 0 spiro atoms. The second kappa shape index (κ2) is 7.06. The van der Waals surface area contributed by atoms with Gasteiger partial charge in [-0.05, 0) is 31.2 Å². The van der Waals surface area contributed by atoms with Crippen LogP contribution in [0.3, 0.4) is 0 Å². The van der Waals surface area contributed by atoms with Crippen LogP contribution >= 0.6 is 11.8 Å². The van der Waals surface area contributed by atoms with Gasteiger partial charge in [-0.25, -0.2) is 4.98 Å². The van der Waals surface area contributed by atoms with E-state index in [2.05, 4.69) is 15.2 Å². The summed E-state index contributed by atoms with van der Waals surface area (Å²) in [4.78, 5) is 4.31. The summed E-state index contributed by atoms with van der Waals surface area (Å²) >= 11 is 1.52. The maximum Gasteiger partial charge on any atom is 0.340 e. The number of aryl methyl sites for hydroxylation is 1. The maximum absolute atomic E-state index is 12.2. The molecule has 0 fully saturated rings. The molecule has 3 rings (SSSR count). The fourth-order valence-corrected chi connectivity index (χ4v) is 3.54. The predicted octanol–water partition coefficient (Wildman–Crippen LogP) is 3.17. The van der Waals surface area contributed by atoms with E-state index < -0.39 is 10.1 Å². The van der Waals surface area contributed by atoms with Gasteiger partial charge in [0.15, 0.2) is 0 Å². The molecule has 124 valence electrons. The lowest BCUT2D eigenvalue weighted by Crippen LogP contribution is -2.09. The van der Waals surface area contributed by atoms with E-state index in [1.165, 1.54) is 23.9 Å². The molecule has 1 aromatic carbocycles. The fraction of sp³-hybridized carbons (Fsp3) is 0.125. The summed E-state index contributed by atoms with van der Waals surface area (Å²) in [6.07, 6.45) is 1.72. The van der Waals surface area contributed by atoms with Crippen LogP contribution in [-0.4, -0.2) is 23.6 Å². The molecule has 0 amide bonds. The third-order valence-electron chi connectivity index (χ3n) is 3.13. The van der Waals surface area contributed by atoms with Crippen LogP contribution in [0.1, 0.15) is 11.3 Å². The fourth-order valence-electron chi connectivity index (χ4n) is 1.91. The molecule has 24 heavy (non-hydrogen) atoms. The summed E-state index contributed by atoms with van der Waals surface area (Å²) < 4.78 is 29.5. The number of aromatic nitrogens is 3. The van der Waals surface area contributed by atoms with E-state index in [-0.39, 0.29) is 10.8 Å². The summed E-state index contributed by atoms with van der Waals surface area (Å²) in [5, 5.41) is 7.54. The zero-order chi connectivity index (χ0) is 17.0. The van der Waals surface area contributed by atoms with Gasteiger partial charge in [-0.1, -0.05) is 23.8 Å². The van der Waals surface area contributed by atoms with E-state index in [0.29, 0.717) is 5.75 Å². The Balaban J connectivity index is 1.66. The SMILES string of the molecule is Cc1ccc(S(=O)(=O)Oc2cc(CSc3ccccn3)[nH]n2)cc1. The van der Waals surface area contributed by atoms with E-state index in [0.717, 1.165) is 16.3 Å². The van der Waals surface area contributed by atoms with Crippen LogP contribution < -0.4 is 4.18 Å². The first-order valence-corrected chi connectivity index (χ1v) is 9.51. The van der Waals surface area contributed by atoms with Gasteiger partial charge in [0.05, 0.1) is 5.03 Å². The maximum atomic E-state index is 12.2. The summed E-state index contributed by atoms with van der Waals surface area (Å²) in [5.74, 6) is 0.602. The molecule has 2 heterocycles. The van der Waals surface area contributed by atoms with Crippen molar-refractivity contribution in [3.05, 3.63) is 66.0 Å². The number of nitrogens with one attached hydrogen (secondary N) is 1. The zero-order valence-electron chi connectivity index (χ0n) is 12.8. The Hall–Kier alpha value is -2.32. The van der Waals surface area contributed by atoms with Gasteiger partial charge in [-0.3, -0.25) is 5.10 Å². The molecule has 6 nitrogen and oxygen atoms in total. The van der Waals surface area contributed by atoms with Crippen LogP contribution in [0.15, 0.2) is 64.6 Å². The van der Waals surface area contributed by atoms with E-state index in [1.54, 1.807) is 24.4 Å². The molecule has 1 N–H and O–H groups in total. The van der Waals surface area contributed by atoms with E-state index in [9.17, 15) is 8.42 Å². The lowest BCUT2D eigenvalue weighted by molar-refractivity contribution is 0.475. The Bertz CT molecular complexity index is 907. The number of pyridine rings is 1. The Morgan fingerprint density at radius 3 is 2.67 bits per heavy atom. The number of hydrogen-bond acceptors (Lipinski definition) is 6. The van der Waals surface area contributed by atoms with Crippen LogP contribution in [0.2, 0.25) is 0 Å². The predicted molar refractivity (Wildman–Crippen MR) is 91.4 cm³/mol. The summed E-state index contributed by atoms with van der Waals surface area (Å²) in [5.41, 5.74) is 1.72. The van der Waals surface area contributed by atoms with Crippen molar-refractivity contribution in [1.82, 2.24) is 15.2 Å². The van der Waals surface area contributed by atoms with Gasteiger partial charge in [0.25, 0.3) is 5.88 Å². The first-order chi connectivity index (χ1) is 11.5. The minimum absolute atomic E-state index is 0.0206. The topological polar surface area (TPSA) is 84.9 Å². The Labute approximate surface area is 144 Å². The molecule has 3 aromatic rings. The smallest absolute Gasteiger partial charge is 0.340 e. The Morgan fingerprint density at radius 2 is 1.96 bits per heavy atom. The van der Waals surface area contributed by atoms with Crippen LogP contribution in [0.5, 0.6) is 5.88 Å². The monoisotopic (exact) mass is 361 g/mol. The Kier molecular flexibility index (Phi) is 4.86. The van der Waals surface area contributed by atoms with E-state index >= 15 is 0 Å². The highest BCUT2D eigenvalue weighted by molar-refractivity contribution is 7.98. The largest absolute Gasteiger partial charge is 0.357 e. The van der Waals surface area contributed by atoms with E-state index in [1.807, 2.05) is 25.1 Å². The van der Waals surface area contributed by atoms with Crippen molar-refractivity contribution in [2.45, 2.75) is 22.6 Å². The van der Waals surface area contributed by atoms with Crippen molar-refractivity contribution >= 4 is 21.9 Å². The highest BCUT2D eigenvalue weighted by atomic mass is 32.2. The van der Waals surface area contributed by atoms with Crippen molar-refractivity contribution < 1.29 is 12.6 Å². The van der Waals surface area contributed by atoms with Crippen molar-refractivity contribution in [2.24, 2.45) is 0 Å². The zero-order valence-corrected chi connectivity index (χ0v) is 14.5. The quantitative estimate of drug-likeness (QED) is 0.536. The van der Waals surface area contributed by atoms with Crippen LogP contribution in [0.4, 0.5) is 0 Å². The lowest BCUT2D eigenvalue weighted by Gasteiger charge is -2.04. The number of nitrogens with zero attached hydrogens (tertiary/aromatic N) is 2. The van der Waals surface area contributed by atoms with Crippen molar-refractivity contribution in [3.8, 4) is 5.88 Å². The van der Waals surface area contributed by atoms with Crippen LogP contribution in [0, 0.1) is 6.92 Å². The van der Waals surface area contributed by atoms with Gasteiger partial charge in [-0.2, -0.15) is 8.42 Å². The summed E-state index contributed by atoms with van der Waals surface area (Å²) in [7, 11) is -3.89. The van der Waals surface area contributed by atoms with Gasteiger partial charge in [0.2, 0.25) is 0 Å². The molecular weight excluding hydrogens is 346 g/mol. The molecule has 0 aliphatic carbocycles. The third-order valence-corrected chi connectivity index (χ3v) is 5.36. The molecule has 0 unspecified atom stereocenters. The van der Waals surface area contributed by atoms with Gasteiger partial charge >= 0.3 is 10.1 Å². The molecule has 0 aliphatic rings. The third kappa shape index (κ3) is 4.15. The minimum Gasteiger partial charge on any atom is -0.357 e. The van der Waals surface area contributed by atoms with Gasteiger partial charge in [0.1, 0.15) is 4.90 Å². The molecule has 0 saturated heterocycles. The molecule has 0 aliphatic heterocycles. The van der Waals surface area contributed by atoms with Crippen LogP contribution in [-0.2, 0) is 15.9 Å². The average molecular weight is 361 g/mol. The standard InChI is InChI=1S/C16H15N3O3S2/c1-12-5-7-14(8-6-12)24(20,21)22-15-10-13(18-19-15)11-23-16-4-2-3-9-17-16/h2-10H,11H2,1H3,(H,18,19). The lowest BCUT2D eigenvalue weighted by atomic mass is 10.2. The first kappa shape index (κ1) is 16.5. The molecule has 0 bridgehead atoms. The van der Waals surface area contributed by atoms with Crippen molar-refractivity contribution in [2.75, 3.05) is 0 Å². The highest BCUT2D eigenvalue weighted by Crippen LogP contribution is 2.22. The number of aromatic amines is 1. The van der Waals surface area contributed by atoms with E-state index in [4.69, 9.17) is 4.18 Å². The van der Waals surface area contributed by atoms with Crippen molar-refractivity contribution in [1.29, 1.82) is 0 Å². The second-order valence-electron chi connectivity index (χ2n) is 5.04. The number of benzene rings is 1. The summed E-state index contributed by atoms with van der Waals surface area (Å²) in [6.45, 7) is 1.89. The van der Waals surface area contributed by atoms with Gasteiger partial charge < -0.3 is 4.18 Å². The highest BCUT2D eigenvalue weighted by Gasteiger charge is 2.18. The molecular formula is C16H15N3O3S2. The minimum atomic E-state index is -3.89. The van der Waals surface area contributed by atoms with Gasteiger partial charge in [-0.15, -0.1) is 16.9 Å². The molecule has 0 radical (unpaired) electrons. The normalized spacial score (nSPS) is 11.4. The number of rotatable bonds is 6. The van der Waals surface area contributed by atoms with Crippen LogP contribution in [0.25, 0.3) is 0 Å². The first-order valence-electron chi connectivity index (χ1n) is 7.12. The molecule has 8 heteroatoms.